The van der Waals surface area contributed by atoms with Crippen molar-refractivity contribution in [3.05, 3.63) is 59.2 Å². The molecule has 0 radical (unpaired) electrons. The summed E-state index contributed by atoms with van der Waals surface area (Å²) in [5.41, 5.74) is 2.62. The Morgan fingerprint density at radius 2 is 1.68 bits per heavy atom. The molecular weight excluding hydrogens is 314 g/mol. The fraction of sp³-hybridized carbons (Fsp3) is 0.381. The maximum atomic E-state index is 12.6. The normalized spacial score (nSPS) is 10.4. The molecule has 0 atom stereocenters. The molecule has 2 aromatic carbocycles. The van der Waals surface area contributed by atoms with Crippen LogP contribution in [0.2, 0.25) is 0 Å². The highest BCUT2D eigenvalue weighted by Gasteiger charge is 2.15. The lowest BCUT2D eigenvalue weighted by Crippen LogP contribution is -2.30. The van der Waals surface area contributed by atoms with Crippen LogP contribution in [-0.2, 0) is 6.61 Å². The molecule has 0 aromatic heterocycles. The quantitative estimate of drug-likeness (QED) is 0.712. The van der Waals surface area contributed by atoms with Crippen molar-refractivity contribution in [1.29, 1.82) is 0 Å². The van der Waals surface area contributed by atoms with Crippen molar-refractivity contribution in [2.24, 2.45) is 0 Å². The van der Waals surface area contributed by atoms with Crippen LogP contribution in [0, 0.1) is 6.92 Å². The molecule has 2 aromatic rings. The van der Waals surface area contributed by atoms with Gasteiger partial charge in [0.1, 0.15) is 18.1 Å². The summed E-state index contributed by atoms with van der Waals surface area (Å²) in [6.07, 6.45) is 0. The highest BCUT2D eigenvalue weighted by molar-refractivity contribution is 5.94. The molecule has 0 aliphatic heterocycles. The van der Waals surface area contributed by atoms with Crippen LogP contribution in [0.4, 0.5) is 0 Å². The maximum Gasteiger partial charge on any atom is 0.253 e. The number of benzene rings is 2. The Hall–Kier alpha value is -2.49. The summed E-state index contributed by atoms with van der Waals surface area (Å²) in [6.45, 7) is 10.2. The lowest BCUT2D eigenvalue weighted by Gasteiger charge is -2.20. The number of aryl methyl sites for hydroxylation is 1. The Kier molecular flexibility index (Phi) is 6.87. The first-order chi connectivity index (χ1) is 12.1. The van der Waals surface area contributed by atoms with Gasteiger partial charge in [-0.15, -0.1) is 0 Å². The van der Waals surface area contributed by atoms with Crippen LogP contribution in [-0.4, -0.2) is 30.5 Å². The van der Waals surface area contributed by atoms with Crippen LogP contribution in [0.5, 0.6) is 11.5 Å². The Morgan fingerprint density at radius 3 is 2.32 bits per heavy atom. The predicted octanol–water partition coefficient (Wildman–Crippen LogP) is 4.45. The number of carbonyl (C=O) groups is 1. The van der Waals surface area contributed by atoms with Gasteiger partial charge < -0.3 is 14.4 Å². The largest absolute Gasteiger partial charge is 0.493 e. The summed E-state index contributed by atoms with van der Waals surface area (Å²) in [7, 11) is 0. The molecule has 1 amide bonds. The first-order valence-electron chi connectivity index (χ1n) is 8.84. The lowest BCUT2D eigenvalue weighted by atomic mass is 10.1. The Balaban J connectivity index is 2.25. The number of carbonyl (C=O) groups excluding carboxylic acids is 1. The van der Waals surface area contributed by atoms with E-state index in [4.69, 9.17) is 9.47 Å². The molecule has 0 aliphatic rings. The maximum absolute atomic E-state index is 12.6. The minimum absolute atomic E-state index is 0.0326. The highest BCUT2D eigenvalue weighted by atomic mass is 16.5. The molecule has 4 heteroatoms. The van der Waals surface area contributed by atoms with E-state index in [2.05, 4.69) is 0 Å². The SMILES string of the molecule is CCOc1ccc(C(=O)N(CC)CC)cc1COc1ccccc1C. The van der Waals surface area contributed by atoms with Gasteiger partial charge in [-0.2, -0.15) is 0 Å². The molecule has 0 saturated heterocycles. The zero-order valence-electron chi connectivity index (χ0n) is 15.5. The molecule has 0 unspecified atom stereocenters. The predicted molar refractivity (Wildman–Crippen MR) is 100 cm³/mol. The second kappa shape index (κ2) is 9.11. The third-order valence-electron chi connectivity index (χ3n) is 4.13. The highest BCUT2D eigenvalue weighted by Crippen LogP contribution is 2.24. The van der Waals surface area contributed by atoms with Gasteiger partial charge in [-0.3, -0.25) is 4.79 Å². The van der Waals surface area contributed by atoms with Gasteiger partial charge in [0, 0.05) is 24.2 Å². The number of hydrogen-bond acceptors (Lipinski definition) is 3. The zero-order chi connectivity index (χ0) is 18.2. The number of para-hydroxylation sites is 1. The van der Waals surface area contributed by atoms with Crippen LogP contribution in [0.25, 0.3) is 0 Å². The molecule has 0 saturated carbocycles. The number of hydrogen-bond donors (Lipinski definition) is 0. The van der Waals surface area contributed by atoms with Crippen LogP contribution < -0.4 is 9.47 Å². The number of nitrogens with zero attached hydrogens (tertiary/aromatic N) is 1. The Bertz CT molecular complexity index is 708. The van der Waals surface area contributed by atoms with E-state index in [0.717, 1.165) is 22.6 Å². The molecule has 134 valence electrons. The standard InChI is InChI=1S/C21H27NO3/c1-5-22(6-2)21(23)17-12-13-20(24-7-3)18(14-17)15-25-19-11-9-8-10-16(19)4/h8-14H,5-7,15H2,1-4H3. The first-order valence-corrected chi connectivity index (χ1v) is 8.84. The van der Waals surface area contributed by atoms with Gasteiger partial charge in [0.25, 0.3) is 5.91 Å². The van der Waals surface area contributed by atoms with E-state index < -0.39 is 0 Å². The minimum atomic E-state index is 0.0326. The van der Waals surface area contributed by atoms with Crippen LogP contribution in [0.15, 0.2) is 42.5 Å². The van der Waals surface area contributed by atoms with Crippen LogP contribution in [0.1, 0.15) is 42.3 Å². The molecule has 0 fully saturated rings. The molecular formula is C21H27NO3. The fourth-order valence-corrected chi connectivity index (χ4v) is 2.69. The van der Waals surface area contributed by atoms with E-state index in [1.54, 1.807) is 0 Å². The molecule has 4 nitrogen and oxygen atoms in total. The third kappa shape index (κ3) is 4.75. The third-order valence-corrected chi connectivity index (χ3v) is 4.13. The van der Waals surface area contributed by atoms with Crippen molar-refractivity contribution in [2.45, 2.75) is 34.3 Å². The molecule has 0 N–H and O–H groups in total. The van der Waals surface area contributed by atoms with E-state index in [0.29, 0.717) is 31.9 Å². The van der Waals surface area contributed by atoms with E-state index in [1.807, 2.05) is 75.1 Å². The van der Waals surface area contributed by atoms with Crippen molar-refractivity contribution in [3.63, 3.8) is 0 Å². The number of ether oxygens (including phenoxy) is 2. The second-order valence-corrected chi connectivity index (χ2v) is 5.79. The van der Waals surface area contributed by atoms with Crippen molar-refractivity contribution >= 4 is 5.91 Å². The average Bonchev–Trinajstić information content (AvgIpc) is 2.63. The zero-order valence-corrected chi connectivity index (χ0v) is 15.5. The Morgan fingerprint density at radius 1 is 0.960 bits per heavy atom. The molecule has 0 bridgehead atoms. The fourth-order valence-electron chi connectivity index (χ4n) is 2.69. The summed E-state index contributed by atoms with van der Waals surface area (Å²) in [4.78, 5) is 14.4. The van der Waals surface area contributed by atoms with Crippen LogP contribution in [0.3, 0.4) is 0 Å². The molecule has 25 heavy (non-hydrogen) atoms. The van der Waals surface area contributed by atoms with Gasteiger partial charge in [-0.05, 0) is 57.5 Å². The van der Waals surface area contributed by atoms with Gasteiger partial charge in [-0.25, -0.2) is 0 Å². The smallest absolute Gasteiger partial charge is 0.253 e. The van der Waals surface area contributed by atoms with E-state index in [1.165, 1.54) is 0 Å². The molecule has 0 spiro atoms. The summed E-state index contributed by atoms with van der Waals surface area (Å²) in [5, 5.41) is 0. The summed E-state index contributed by atoms with van der Waals surface area (Å²) < 4.78 is 11.7. The van der Waals surface area contributed by atoms with Crippen molar-refractivity contribution in [2.75, 3.05) is 19.7 Å². The summed E-state index contributed by atoms with van der Waals surface area (Å²) in [6, 6.07) is 13.5. The van der Waals surface area contributed by atoms with Gasteiger partial charge in [0.15, 0.2) is 0 Å². The van der Waals surface area contributed by atoms with Crippen molar-refractivity contribution in [1.82, 2.24) is 4.90 Å². The average molecular weight is 341 g/mol. The topological polar surface area (TPSA) is 38.8 Å². The van der Waals surface area contributed by atoms with Gasteiger partial charge in [0.05, 0.1) is 6.61 Å². The molecule has 0 heterocycles. The summed E-state index contributed by atoms with van der Waals surface area (Å²) >= 11 is 0. The van der Waals surface area contributed by atoms with E-state index in [9.17, 15) is 4.79 Å². The van der Waals surface area contributed by atoms with Gasteiger partial charge in [-0.1, -0.05) is 18.2 Å². The minimum Gasteiger partial charge on any atom is -0.493 e. The summed E-state index contributed by atoms with van der Waals surface area (Å²) in [5.74, 6) is 1.63. The van der Waals surface area contributed by atoms with Crippen molar-refractivity contribution < 1.29 is 14.3 Å². The molecule has 2 rings (SSSR count). The van der Waals surface area contributed by atoms with Crippen molar-refractivity contribution in [3.8, 4) is 11.5 Å². The van der Waals surface area contributed by atoms with Gasteiger partial charge >= 0.3 is 0 Å². The monoisotopic (exact) mass is 341 g/mol. The van der Waals surface area contributed by atoms with Crippen LogP contribution >= 0.6 is 0 Å². The second-order valence-electron chi connectivity index (χ2n) is 5.79. The lowest BCUT2D eigenvalue weighted by molar-refractivity contribution is 0.0772. The van der Waals surface area contributed by atoms with E-state index in [-0.39, 0.29) is 5.91 Å². The number of amides is 1. The van der Waals surface area contributed by atoms with E-state index >= 15 is 0 Å². The first kappa shape index (κ1) is 18.8. The van der Waals surface area contributed by atoms with Gasteiger partial charge in [0.2, 0.25) is 0 Å². The molecule has 0 aliphatic carbocycles. The number of rotatable bonds is 8. The Labute approximate surface area is 150 Å².